The highest BCUT2D eigenvalue weighted by Gasteiger charge is 2.10. The molecule has 6 heteroatoms. The highest BCUT2D eigenvalue weighted by Crippen LogP contribution is 2.18. The van der Waals surface area contributed by atoms with Gasteiger partial charge in [-0.25, -0.2) is 9.48 Å². The van der Waals surface area contributed by atoms with Crippen molar-refractivity contribution in [1.29, 1.82) is 0 Å². The lowest BCUT2D eigenvalue weighted by atomic mass is 10.2. The lowest BCUT2D eigenvalue weighted by molar-refractivity contribution is 0.0697. The van der Waals surface area contributed by atoms with Crippen LogP contribution in [0.15, 0.2) is 29.0 Å². The molecule has 0 aliphatic rings. The van der Waals surface area contributed by atoms with Gasteiger partial charge in [-0.1, -0.05) is 5.21 Å². The molecule has 0 bridgehead atoms. The van der Waals surface area contributed by atoms with E-state index in [0.29, 0.717) is 12.1 Å². The van der Waals surface area contributed by atoms with Crippen LogP contribution in [0.3, 0.4) is 0 Å². The van der Waals surface area contributed by atoms with Crippen LogP contribution in [-0.2, 0) is 6.54 Å². The molecule has 1 N–H and O–H groups in total. The SMILES string of the molecule is Cc1cscc1Cn1nnc2cc(C(=O)O)ccc21. The molecule has 0 aliphatic heterocycles. The molecular formula is C13H11N3O2S. The molecule has 0 fully saturated rings. The Labute approximate surface area is 113 Å². The standard InChI is InChI=1S/C13H11N3O2S/c1-8-6-19-7-10(8)5-16-12-3-2-9(13(17)18)4-11(12)14-15-16/h2-4,6-7H,5H2,1H3,(H,17,18). The zero-order valence-electron chi connectivity index (χ0n) is 10.2. The van der Waals surface area contributed by atoms with E-state index in [1.165, 1.54) is 11.1 Å². The lowest BCUT2D eigenvalue weighted by Gasteiger charge is -2.02. The van der Waals surface area contributed by atoms with Crippen LogP contribution in [0.1, 0.15) is 21.5 Å². The number of carbonyl (C=O) groups is 1. The molecule has 0 aliphatic carbocycles. The van der Waals surface area contributed by atoms with Crippen molar-refractivity contribution in [3.8, 4) is 0 Å². The molecule has 0 spiro atoms. The minimum atomic E-state index is -0.954. The summed E-state index contributed by atoms with van der Waals surface area (Å²) in [6, 6.07) is 4.87. The lowest BCUT2D eigenvalue weighted by Crippen LogP contribution is -2.02. The molecule has 0 saturated carbocycles. The molecule has 0 amide bonds. The highest BCUT2D eigenvalue weighted by atomic mass is 32.1. The zero-order valence-corrected chi connectivity index (χ0v) is 11.0. The Balaban J connectivity index is 2.02. The number of benzene rings is 1. The molecule has 2 heterocycles. The van der Waals surface area contributed by atoms with Crippen molar-refractivity contribution >= 4 is 28.3 Å². The maximum absolute atomic E-state index is 10.9. The van der Waals surface area contributed by atoms with Gasteiger partial charge in [0, 0.05) is 0 Å². The van der Waals surface area contributed by atoms with E-state index in [9.17, 15) is 4.79 Å². The summed E-state index contributed by atoms with van der Waals surface area (Å²) in [7, 11) is 0. The largest absolute Gasteiger partial charge is 0.478 e. The third kappa shape index (κ3) is 2.10. The van der Waals surface area contributed by atoms with Gasteiger partial charge in [0.05, 0.1) is 17.6 Å². The molecule has 3 aromatic rings. The van der Waals surface area contributed by atoms with Crippen LogP contribution in [0.5, 0.6) is 0 Å². The average Bonchev–Trinajstić information content (AvgIpc) is 2.97. The Kier molecular flexibility index (Phi) is 2.79. The number of aromatic nitrogens is 3. The summed E-state index contributed by atoms with van der Waals surface area (Å²) in [5.74, 6) is -0.954. The van der Waals surface area contributed by atoms with E-state index in [1.54, 1.807) is 34.2 Å². The van der Waals surface area contributed by atoms with Crippen LogP contribution in [0, 0.1) is 6.92 Å². The second kappa shape index (κ2) is 4.47. The van der Waals surface area contributed by atoms with Gasteiger partial charge in [-0.2, -0.15) is 11.3 Å². The predicted molar refractivity (Wildman–Crippen MR) is 72.6 cm³/mol. The second-order valence-electron chi connectivity index (χ2n) is 4.34. The van der Waals surface area contributed by atoms with Crippen LogP contribution < -0.4 is 0 Å². The van der Waals surface area contributed by atoms with Crippen LogP contribution in [0.2, 0.25) is 0 Å². The fourth-order valence-electron chi connectivity index (χ4n) is 1.93. The summed E-state index contributed by atoms with van der Waals surface area (Å²) in [5.41, 5.74) is 4.12. The summed E-state index contributed by atoms with van der Waals surface area (Å²) in [5, 5.41) is 21.2. The normalized spacial score (nSPS) is 11.0. The first-order chi connectivity index (χ1) is 9.15. The highest BCUT2D eigenvalue weighted by molar-refractivity contribution is 7.08. The van der Waals surface area contributed by atoms with Crippen molar-refractivity contribution in [2.45, 2.75) is 13.5 Å². The Morgan fingerprint density at radius 1 is 1.42 bits per heavy atom. The van der Waals surface area contributed by atoms with Gasteiger partial charge in [-0.05, 0) is 47.0 Å². The fraction of sp³-hybridized carbons (Fsp3) is 0.154. The van der Waals surface area contributed by atoms with E-state index in [2.05, 4.69) is 28.0 Å². The summed E-state index contributed by atoms with van der Waals surface area (Å²) < 4.78 is 1.79. The number of aryl methyl sites for hydroxylation is 1. The number of carboxylic acids is 1. The molecule has 1 aromatic carbocycles. The first-order valence-corrected chi connectivity index (χ1v) is 6.67. The third-order valence-corrected chi connectivity index (χ3v) is 3.95. The van der Waals surface area contributed by atoms with Gasteiger partial charge in [0.1, 0.15) is 5.52 Å². The molecule has 0 atom stereocenters. The molecule has 0 radical (unpaired) electrons. The maximum atomic E-state index is 10.9. The average molecular weight is 273 g/mol. The van der Waals surface area contributed by atoms with Crippen LogP contribution in [0.4, 0.5) is 0 Å². The molecule has 0 unspecified atom stereocenters. The summed E-state index contributed by atoms with van der Waals surface area (Å²) >= 11 is 1.66. The van der Waals surface area contributed by atoms with E-state index in [-0.39, 0.29) is 5.56 Å². The van der Waals surface area contributed by atoms with Crippen LogP contribution in [0.25, 0.3) is 11.0 Å². The van der Waals surface area contributed by atoms with Gasteiger partial charge < -0.3 is 5.11 Å². The minimum absolute atomic E-state index is 0.228. The Morgan fingerprint density at radius 2 is 2.26 bits per heavy atom. The summed E-state index contributed by atoms with van der Waals surface area (Å²) in [6.45, 7) is 2.71. The maximum Gasteiger partial charge on any atom is 0.335 e. The number of rotatable bonds is 3. The zero-order chi connectivity index (χ0) is 13.4. The Bertz CT molecular complexity index is 760. The number of hydrogen-bond donors (Lipinski definition) is 1. The van der Waals surface area contributed by atoms with E-state index < -0.39 is 5.97 Å². The van der Waals surface area contributed by atoms with Crippen molar-refractivity contribution in [2.75, 3.05) is 0 Å². The summed E-state index contributed by atoms with van der Waals surface area (Å²) in [4.78, 5) is 10.9. The molecule has 0 saturated heterocycles. The summed E-state index contributed by atoms with van der Waals surface area (Å²) in [6.07, 6.45) is 0. The minimum Gasteiger partial charge on any atom is -0.478 e. The van der Waals surface area contributed by atoms with Crippen molar-refractivity contribution in [1.82, 2.24) is 15.0 Å². The van der Waals surface area contributed by atoms with Gasteiger partial charge in [-0.15, -0.1) is 5.10 Å². The Hall–Kier alpha value is -2.21. The molecule has 3 rings (SSSR count). The van der Waals surface area contributed by atoms with E-state index >= 15 is 0 Å². The van der Waals surface area contributed by atoms with Gasteiger partial charge in [0.25, 0.3) is 0 Å². The Morgan fingerprint density at radius 3 is 2.95 bits per heavy atom. The fourth-order valence-corrected chi connectivity index (χ4v) is 2.78. The third-order valence-electron chi connectivity index (χ3n) is 3.04. The monoisotopic (exact) mass is 273 g/mol. The number of aromatic carboxylic acids is 1. The van der Waals surface area contributed by atoms with Gasteiger partial charge in [-0.3, -0.25) is 0 Å². The van der Waals surface area contributed by atoms with Crippen molar-refractivity contribution in [2.24, 2.45) is 0 Å². The smallest absolute Gasteiger partial charge is 0.335 e. The topological polar surface area (TPSA) is 68.0 Å². The second-order valence-corrected chi connectivity index (χ2v) is 5.08. The molecule has 2 aromatic heterocycles. The predicted octanol–water partition coefficient (Wildman–Crippen LogP) is 2.55. The quantitative estimate of drug-likeness (QED) is 0.796. The van der Waals surface area contributed by atoms with Crippen LogP contribution >= 0.6 is 11.3 Å². The number of nitrogens with zero attached hydrogens (tertiary/aromatic N) is 3. The molecule has 5 nitrogen and oxygen atoms in total. The van der Waals surface area contributed by atoms with Gasteiger partial charge in [0.15, 0.2) is 0 Å². The number of hydrogen-bond acceptors (Lipinski definition) is 4. The van der Waals surface area contributed by atoms with Gasteiger partial charge >= 0.3 is 5.97 Å². The first kappa shape index (κ1) is 11.9. The van der Waals surface area contributed by atoms with Crippen LogP contribution in [-0.4, -0.2) is 26.1 Å². The number of thiophene rings is 1. The van der Waals surface area contributed by atoms with Crippen molar-refractivity contribution in [3.63, 3.8) is 0 Å². The molecule has 19 heavy (non-hydrogen) atoms. The van der Waals surface area contributed by atoms with Crippen molar-refractivity contribution < 1.29 is 9.90 Å². The van der Waals surface area contributed by atoms with Crippen molar-refractivity contribution in [3.05, 3.63) is 45.6 Å². The van der Waals surface area contributed by atoms with E-state index in [0.717, 1.165) is 5.52 Å². The molecular weight excluding hydrogens is 262 g/mol. The molecule has 96 valence electrons. The first-order valence-electron chi connectivity index (χ1n) is 5.73. The van der Waals surface area contributed by atoms with Gasteiger partial charge in [0.2, 0.25) is 0 Å². The van der Waals surface area contributed by atoms with E-state index in [4.69, 9.17) is 5.11 Å². The van der Waals surface area contributed by atoms with E-state index in [1.807, 2.05) is 0 Å². The number of fused-ring (bicyclic) bond motifs is 1. The number of carboxylic acid groups (broad SMARTS) is 1.